The Morgan fingerprint density at radius 1 is 1.12 bits per heavy atom. The number of anilines is 1. The number of para-hydroxylation sites is 1. The molecule has 126 valence electrons. The first-order valence-electron chi connectivity index (χ1n) is 8.25. The second-order valence-corrected chi connectivity index (χ2v) is 8.06. The molecule has 2 aliphatic rings. The number of fused-ring (bicyclic) bond motifs is 1. The number of likely N-dealkylation sites (N-methyl/N-ethyl adjacent to an activating group) is 2. The summed E-state index contributed by atoms with van der Waals surface area (Å²) in [6.45, 7) is 10.1. The summed E-state index contributed by atoms with van der Waals surface area (Å²) in [6, 6.07) is 8.52. The van der Waals surface area contributed by atoms with E-state index in [4.69, 9.17) is 12.2 Å². The molecule has 0 radical (unpaired) electrons. The molecule has 0 bridgehead atoms. The number of carbonyl (C=O) groups excluding carboxylic acids is 1. The van der Waals surface area contributed by atoms with Crippen molar-refractivity contribution in [3.05, 3.63) is 52.6 Å². The standard InChI is InChI=1S/C19H22N2OS2/c1-5-20-14-10-8-7-9-13(14)19(3,4)16(20)12-11-15-17(22)21(6-2)18(23)24-15/h7-12H,5-6H2,1-4H3/b15-11-,16-12+. The molecule has 1 aromatic carbocycles. The molecule has 0 N–H and O–H groups in total. The number of thioether (sulfide) groups is 1. The first-order chi connectivity index (χ1) is 11.4. The predicted molar refractivity (Wildman–Crippen MR) is 106 cm³/mol. The second-order valence-electron chi connectivity index (χ2n) is 6.39. The van der Waals surface area contributed by atoms with Gasteiger partial charge in [-0.2, -0.15) is 0 Å². The van der Waals surface area contributed by atoms with E-state index in [2.05, 4.69) is 56.0 Å². The van der Waals surface area contributed by atoms with Crippen LogP contribution >= 0.6 is 24.0 Å². The summed E-state index contributed by atoms with van der Waals surface area (Å²) in [7, 11) is 0. The first kappa shape index (κ1) is 17.2. The largest absolute Gasteiger partial charge is 0.344 e. The van der Waals surface area contributed by atoms with E-state index in [-0.39, 0.29) is 11.3 Å². The summed E-state index contributed by atoms with van der Waals surface area (Å²) in [5, 5.41) is 0. The summed E-state index contributed by atoms with van der Waals surface area (Å²) < 4.78 is 0.647. The van der Waals surface area contributed by atoms with Gasteiger partial charge in [0.05, 0.1) is 4.91 Å². The van der Waals surface area contributed by atoms with Gasteiger partial charge in [0.15, 0.2) is 0 Å². The Labute approximate surface area is 153 Å². The fourth-order valence-corrected chi connectivity index (χ4v) is 4.75. The molecule has 3 rings (SSSR count). The van der Waals surface area contributed by atoms with E-state index in [1.807, 2.05) is 13.0 Å². The molecule has 1 amide bonds. The van der Waals surface area contributed by atoms with Crippen molar-refractivity contribution in [2.75, 3.05) is 18.0 Å². The Balaban J connectivity index is 2.00. The third-order valence-electron chi connectivity index (χ3n) is 4.70. The molecule has 5 heteroatoms. The van der Waals surface area contributed by atoms with Gasteiger partial charge in [0.1, 0.15) is 4.32 Å². The van der Waals surface area contributed by atoms with Crippen LogP contribution in [0.1, 0.15) is 33.3 Å². The molecular weight excluding hydrogens is 336 g/mol. The zero-order chi connectivity index (χ0) is 17.5. The van der Waals surface area contributed by atoms with E-state index in [9.17, 15) is 4.79 Å². The van der Waals surface area contributed by atoms with Crippen molar-refractivity contribution in [1.82, 2.24) is 4.90 Å². The average molecular weight is 359 g/mol. The molecule has 3 nitrogen and oxygen atoms in total. The molecule has 2 aliphatic heterocycles. The third-order valence-corrected chi connectivity index (χ3v) is 6.09. The molecule has 0 unspecified atom stereocenters. The first-order valence-corrected chi connectivity index (χ1v) is 9.47. The number of allylic oxidation sites excluding steroid dienone is 3. The molecule has 1 aromatic rings. The SMILES string of the molecule is CCN1C(=O)/C(=C/C=C2/N(CC)c3ccccc3C2(C)C)SC1=S. The zero-order valence-corrected chi connectivity index (χ0v) is 16.1. The molecular formula is C19H22N2OS2. The minimum absolute atomic E-state index is 0.0146. The topological polar surface area (TPSA) is 23.6 Å². The van der Waals surface area contributed by atoms with Crippen molar-refractivity contribution in [3.8, 4) is 0 Å². The van der Waals surface area contributed by atoms with Gasteiger partial charge in [-0.1, -0.05) is 56.0 Å². The quantitative estimate of drug-likeness (QED) is 0.588. The smallest absolute Gasteiger partial charge is 0.266 e. The molecule has 24 heavy (non-hydrogen) atoms. The number of nitrogens with zero attached hydrogens (tertiary/aromatic N) is 2. The number of hydrogen-bond acceptors (Lipinski definition) is 4. The lowest BCUT2D eigenvalue weighted by atomic mass is 9.84. The normalized spacial score (nSPS) is 22.8. The maximum Gasteiger partial charge on any atom is 0.266 e. The van der Waals surface area contributed by atoms with E-state index in [1.54, 1.807) is 4.90 Å². The minimum Gasteiger partial charge on any atom is -0.344 e. The van der Waals surface area contributed by atoms with Crippen LogP contribution in [0.4, 0.5) is 5.69 Å². The number of benzene rings is 1. The number of rotatable bonds is 3. The van der Waals surface area contributed by atoms with Crippen LogP contribution in [0.25, 0.3) is 0 Å². The maximum absolute atomic E-state index is 12.4. The molecule has 0 spiro atoms. The van der Waals surface area contributed by atoms with Crippen molar-refractivity contribution in [1.29, 1.82) is 0 Å². The predicted octanol–water partition coefficient (Wildman–Crippen LogP) is 4.45. The van der Waals surface area contributed by atoms with Gasteiger partial charge in [0, 0.05) is 29.9 Å². The van der Waals surface area contributed by atoms with Crippen LogP contribution in [0.2, 0.25) is 0 Å². The summed E-state index contributed by atoms with van der Waals surface area (Å²) >= 11 is 6.68. The average Bonchev–Trinajstić information content (AvgIpc) is 2.96. The Morgan fingerprint density at radius 3 is 2.42 bits per heavy atom. The number of thiocarbonyl (C=S) groups is 1. The summed E-state index contributed by atoms with van der Waals surface area (Å²) in [4.78, 5) is 17.1. The monoisotopic (exact) mass is 358 g/mol. The van der Waals surface area contributed by atoms with Gasteiger partial charge in [0.25, 0.3) is 5.91 Å². The van der Waals surface area contributed by atoms with Crippen LogP contribution in [-0.4, -0.2) is 28.2 Å². The van der Waals surface area contributed by atoms with Crippen LogP contribution in [0, 0.1) is 0 Å². The molecule has 0 saturated carbocycles. The molecule has 0 aliphatic carbocycles. The van der Waals surface area contributed by atoms with Crippen LogP contribution in [0.5, 0.6) is 0 Å². The van der Waals surface area contributed by atoms with Crippen LogP contribution in [0.3, 0.4) is 0 Å². The highest BCUT2D eigenvalue weighted by atomic mass is 32.2. The van der Waals surface area contributed by atoms with Gasteiger partial charge >= 0.3 is 0 Å². The van der Waals surface area contributed by atoms with Gasteiger partial charge in [-0.3, -0.25) is 9.69 Å². The molecule has 1 fully saturated rings. The van der Waals surface area contributed by atoms with Gasteiger partial charge in [-0.25, -0.2) is 0 Å². The lowest BCUT2D eigenvalue weighted by Crippen LogP contribution is -2.27. The molecule has 0 atom stereocenters. The van der Waals surface area contributed by atoms with Crippen LogP contribution < -0.4 is 4.90 Å². The van der Waals surface area contributed by atoms with E-state index < -0.39 is 0 Å². The highest BCUT2D eigenvalue weighted by Gasteiger charge is 2.39. The Hall–Kier alpha value is -1.59. The Kier molecular flexibility index (Phi) is 4.58. The fraction of sp³-hybridized carbons (Fsp3) is 0.368. The fourth-order valence-electron chi connectivity index (χ4n) is 3.42. The van der Waals surface area contributed by atoms with Crippen molar-refractivity contribution in [2.45, 2.75) is 33.1 Å². The van der Waals surface area contributed by atoms with Gasteiger partial charge in [0.2, 0.25) is 0 Å². The number of carbonyl (C=O) groups is 1. The molecule has 1 saturated heterocycles. The van der Waals surface area contributed by atoms with E-state index in [1.165, 1.54) is 28.7 Å². The number of amides is 1. The van der Waals surface area contributed by atoms with Crippen molar-refractivity contribution < 1.29 is 4.79 Å². The van der Waals surface area contributed by atoms with E-state index in [0.717, 1.165) is 6.54 Å². The lowest BCUT2D eigenvalue weighted by molar-refractivity contribution is -0.122. The zero-order valence-electron chi connectivity index (χ0n) is 14.5. The lowest BCUT2D eigenvalue weighted by Gasteiger charge is -2.25. The minimum atomic E-state index is -0.0824. The summed E-state index contributed by atoms with van der Waals surface area (Å²) in [5.74, 6) is 0.0146. The van der Waals surface area contributed by atoms with E-state index in [0.29, 0.717) is 15.8 Å². The number of hydrogen-bond donors (Lipinski definition) is 0. The van der Waals surface area contributed by atoms with Gasteiger partial charge in [-0.05, 0) is 37.6 Å². The second kappa shape index (κ2) is 6.37. The summed E-state index contributed by atoms with van der Waals surface area (Å²) in [5.41, 5.74) is 3.72. The highest BCUT2D eigenvalue weighted by Crippen LogP contribution is 2.47. The highest BCUT2D eigenvalue weighted by molar-refractivity contribution is 8.26. The summed E-state index contributed by atoms with van der Waals surface area (Å²) in [6.07, 6.45) is 4.02. The van der Waals surface area contributed by atoms with Crippen LogP contribution in [-0.2, 0) is 10.2 Å². The Bertz CT molecular complexity index is 764. The Morgan fingerprint density at radius 2 is 1.79 bits per heavy atom. The van der Waals surface area contributed by atoms with Gasteiger partial charge < -0.3 is 4.90 Å². The van der Waals surface area contributed by atoms with Crippen molar-refractivity contribution in [2.24, 2.45) is 0 Å². The van der Waals surface area contributed by atoms with Crippen LogP contribution in [0.15, 0.2) is 47.0 Å². The molecule has 2 heterocycles. The molecule has 0 aromatic heterocycles. The maximum atomic E-state index is 12.4. The van der Waals surface area contributed by atoms with Gasteiger partial charge in [-0.15, -0.1) is 0 Å². The third kappa shape index (κ3) is 2.60. The van der Waals surface area contributed by atoms with Crippen molar-refractivity contribution in [3.63, 3.8) is 0 Å². The van der Waals surface area contributed by atoms with Crippen molar-refractivity contribution >= 4 is 39.9 Å². The van der Waals surface area contributed by atoms with E-state index >= 15 is 0 Å².